The quantitative estimate of drug-likeness (QED) is 0.471. The number of hydrogen-bond acceptors (Lipinski definition) is 2. The smallest absolute Gasteiger partial charge is 0.309 e. The zero-order valence-corrected chi connectivity index (χ0v) is 10.7. The minimum Gasteiger partial charge on any atom is -0.309 e. The first-order valence-electron chi connectivity index (χ1n) is 5.95. The van der Waals surface area contributed by atoms with Gasteiger partial charge in [0.2, 0.25) is 0 Å². The maximum Gasteiger partial charge on any atom is 0.419 e. The standard InChI is InChI=1S/C14H8F4N2O/c1-20-9-3-2-6-19-12(9)7-4-5-8(14(16,17)18)11(15)10(7)13(20)21/h2-6H,1H3. The van der Waals surface area contributed by atoms with Gasteiger partial charge in [-0.2, -0.15) is 13.2 Å². The second-order valence-corrected chi connectivity index (χ2v) is 4.58. The molecular formula is C14H8F4N2O. The Morgan fingerprint density at radius 2 is 1.90 bits per heavy atom. The molecule has 3 aromatic rings. The Kier molecular flexibility index (Phi) is 2.76. The van der Waals surface area contributed by atoms with Gasteiger partial charge >= 0.3 is 6.18 Å². The van der Waals surface area contributed by atoms with Gasteiger partial charge in [0.1, 0.15) is 5.82 Å². The monoisotopic (exact) mass is 296 g/mol. The highest BCUT2D eigenvalue weighted by Crippen LogP contribution is 2.34. The van der Waals surface area contributed by atoms with E-state index in [1.807, 2.05) is 0 Å². The summed E-state index contributed by atoms with van der Waals surface area (Å²) >= 11 is 0. The molecule has 0 aliphatic carbocycles. The Hall–Kier alpha value is -2.44. The summed E-state index contributed by atoms with van der Waals surface area (Å²) in [6.45, 7) is 0. The first-order chi connectivity index (χ1) is 9.82. The van der Waals surface area contributed by atoms with Crippen LogP contribution in [0.25, 0.3) is 21.8 Å². The van der Waals surface area contributed by atoms with Crippen LogP contribution >= 0.6 is 0 Å². The average Bonchev–Trinajstić information content (AvgIpc) is 2.43. The third kappa shape index (κ3) is 1.88. The van der Waals surface area contributed by atoms with Crippen LogP contribution in [0.5, 0.6) is 0 Å². The van der Waals surface area contributed by atoms with Crippen molar-refractivity contribution in [2.75, 3.05) is 0 Å². The Labute approximate surface area is 115 Å². The van der Waals surface area contributed by atoms with Crippen molar-refractivity contribution >= 4 is 21.8 Å². The summed E-state index contributed by atoms with van der Waals surface area (Å²) < 4.78 is 53.5. The van der Waals surface area contributed by atoms with E-state index >= 15 is 0 Å². The molecule has 0 saturated carbocycles. The highest BCUT2D eigenvalue weighted by Gasteiger charge is 2.35. The molecule has 2 heterocycles. The number of alkyl halides is 3. The van der Waals surface area contributed by atoms with Crippen LogP contribution in [0.15, 0.2) is 35.3 Å². The molecule has 3 rings (SSSR count). The molecule has 0 amide bonds. The van der Waals surface area contributed by atoms with E-state index in [4.69, 9.17) is 0 Å². The van der Waals surface area contributed by atoms with E-state index in [0.29, 0.717) is 11.6 Å². The fourth-order valence-electron chi connectivity index (χ4n) is 2.35. The highest BCUT2D eigenvalue weighted by molar-refractivity contribution is 6.03. The molecule has 0 atom stereocenters. The number of hydrogen-bond donors (Lipinski definition) is 0. The Morgan fingerprint density at radius 3 is 2.57 bits per heavy atom. The van der Waals surface area contributed by atoms with Crippen LogP contribution in [-0.2, 0) is 13.2 Å². The zero-order chi connectivity index (χ0) is 15.4. The van der Waals surface area contributed by atoms with E-state index in [9.17, 15) is 22.4 Å². The number of aryl methyl sites for hydroxylation is 1. The van der Waals surface area contributed by atoms with Gasteiger partial charge in [0.25, 0.3) is 5.56 Å². The van der Waals surface area contributed by atoms with Crippen LogP contribution in [-0.4, -0.2) is 9.55 Å². The van der Waals surface area contributed by atoms with Crippen molar-refractivity contribution in [3.05, 3.63) is 52.2 Å². The molecule has 0 bridgehead atoms. The maximum atomic E-state index is 14.2. The molecule has 0 aliphatic rings. The Balaban J connectivity index is 2.60. The second-order valence-electron chi connectivity index (χ2n) is 4.58. The lowest BCUT2D eigenvalue weighted by molar-refractivity contribution is -0.139. The molecule has 1 aromatic carbocycles. The van der Waals surface area contributed by atoms with E-state index in [0.717, 1.165) is 10.6 Å². The van der Waals surface area contributed by atoms with Crippen LogP contribution in [0, 0.1) is 5.82 Å². The average molecular weight is 296 g/mol. The van der Waals surface area contributed by atoms with E-state index in [-0.39, 0.29) is 10.9 Å². The van der Waals surface area contributed by atoms with Crippen molar-refractivity contribution < 1.29 is 17.6 Å². The molecule has 2 aromatic heterocycles. The lowest BCUT2D eigenvalue weighted by Crippen LogP contribution is -2.20. The van der Waals surface area contributed by atoms with Crippen LogP contribution in [0.2, 0.25) is 0 Å². The normalized spacial score (nSPS) is 12.2. The molecular weight excluding hydrogens is 288 g/mol. The first kappa shape index (κ1) is 13.5. The number of aromatic nitrogens is 2. The molecule has 0 saturated heterocycles. The number of benzene rings is 1. The molecule has 108 valence electrons. The molecule has 0 unspecified atom stereocenters. The number of fused-ring (bicyclic) bond motifs is 3. The Morgan fingerprint density at radius 1 is 1.19 bits per heavy atom. The second kappa shape index (κ2) is 4.28. The summed E-state index contributed by atoms with van der Waals surface area (Å²) in [5, 5.41) is -0.530. The summed E-state index contributed by atoms with van der Waals surface area (Å²) in [6, 6.07) is 4.90. The number of nitrogens with zero attached hydrogens (tertiary/aromatic N) is 2. The molecule has 3 nitrogen and oxygen atoms in total. The van der Waals surface area contributed by atoms with Crippen molar-refractivity contribution in [2.24, 2.45) is 7.05 Å². The summed E-state index contributed by atoms with van der Waals surface area (Å²) in [5.41, 5.74) is -1.58. The van der Waals surface area contributed by atoms with Crippen LogP contribution in [0.3, 0.4) is 0 Å². The SMILES string of the molecule is Cn1c(=O)c2c(F)c(C(F)(F)F)ccc2c2ncccc21. The van der Waals surface area contributed by atoms with Crippen molar-refractivity contribution in [2.45, 2.75) is 6.18 Å². The fraction of sp³-hybridized carbons (Fsp3) is 0.143. The van der Waals surface area contributed by atoms with Gasteiger partial charge in [-0.1, -0.05) is 6.07 Å². The van der Waals surface area contributed by atoms with Crippen LogP contribution < -0.4 is 5.56 Å². The van der Waals surface area contributed by atoms with Crippen molar-refractivity contribution in [1.82, 2.24) is 9.55 Å². The number of rotatable bonds is 0. The molecule has 21 heavy (non-hydrogen) atoms. The van der Waals surface area contributed by atoms with E-state index in [2.05, 4.69) is 4.98 Å². The highest BCUT2D eigenvalue weighted by atomic mass is 19.4. The summed E-state index contributed by atoms with van der Waals surface area (Å²) in [7, 11) is 1.37. The lowest BCUT2D eigenvalue weighted by Gasteiger charge is -2.12. The third-order valence-corrected chi connectivity index (χ3v) is 3.37. The number of halogens is 4. The molecule has 0 spiro atoms. The summed E-state index contributed by atoms with van der Waals surface area (Å²) in [6.07, 6.45) is -3.43. The van der Waals surface area contributed by atoms with Gasteiger partial charge in [0, 0.05) is 18.6 Å². The van der Waals surface area contributed by atoms with Gasteiger partial charge in [-0.05, 0) is 18.2 Å². The van der Waals surface area contributed by atoms with Crippen molar-refractivity contribution in [1.29, 1.82) is 0 Å². The third-order valence-electron chi connectivity index (χ3n) is 3.37. The minimum absolute atomic E-state index is 0.0687. The predicted octanol–water partition coefficient (Wildman–Crippen LogP) is 3.24. The molecule has 0 fully saturated rings. The van der Waals surface area contributed by atoms with E-state index in [1.54, 1.807) is 12.1 Å². The topological polar surface area (TPSA) is 34.9 Å². The van der Waals surface area contributed by atoms with Crippen LogP contribution in [0.1, 0.15) is 5.56 Å². The molecule has 0 aliphatic heterocycles. The van der Waals surface area contributed by atoms with Gasteiger partial charge in [0.05, 0.1) is 22.0 Å². The number of pyridine rings is 2. The summed E-state index contributed by atoms with van der Waals surface area (Å²) in [4.78, 5) is 16.2. The molecule has 0 radical (unpaired) electrons. The largest absolute Gasteiger partial charge is 0.419 e. The van der Waals surface area contributed by atoms with Crippen LogP contribution in [0.4, 0.5) is 17.6 Å². The lowest BCUT2D eigenvalue weighted by atomic mass is 10.1. The van der Waals surface area contributed by atoms with Gasteiger partial charge in [-0.3, -0.25) is 9.78 Å². The van der Waals surface area contributed by atoms with Gasteiger partial charge in [-0.15, -0.1) is 0 Å². The van der Waals surface area contributed by atoms with Gasteiger partial charge in [-0.25, -0.2) is 4.39 Å². The minimum atomic E-state index is -4.86. The molecule has 0 N–H and O–H groups in total. The maximum absolute atomic E-state index is 14.2. The Bertz CT molecular complexity index is 928. The molecule has 7 heteroatoms. The van der Waals surface area contributed by atoms with Crippen molar-refractivity contribution in [3.8, 4) is 0 Å². The zero-order valence-electron chi connectivity index (χ0n) is 10.7. The van der Waals surface area contributed by atoms with Gasteiger partial charge in [0.15, 0.2) is 0 Å². The van der Waals surface area contributed by atoms with Gasteiger partial charge < -0.3 is 4.57 Å². The predicted molar refractivity (Wildman–Crippen MR) is 69.5 cm³/mol. The van der Waals surface area contributed by atoms with Crippen molar-refractivity contribution in [3.63, 3.8) is 0 Å². The first-order valence-corrected chi connectivity index (χ1v) is 5.95. The van der Waals surface area contributed by atoms with E-state index in [1.165, 1.54) is 13.2 Å². The fourth-order valence-corrected chi connectivity index (χ4v) is 2.35. The van der Waals surface area contributed by atoms with E-state index < -0.39 is 28.5 Å². The summed E-state index contributed by atoms with van der Waals surface area (Å²) in [5.74, 6) is -1.56.